The predicted octanol–water partition coefficient (Wildman–Crippen LogP) is 1.78. The van der Waals surface area contributed by atoms with Crippen molar-refractivity contribution in [3.8, 4) is 0 Å². The Balaban J connectivity index is 1.27. The summed E-state index contributed by atoms with van der Waals surface area (Å²) in [6.07, 6.45) is 2.21. The Bertz CT molecular complexity index is 1280. The number of nitrogens with one attached hydrogen (secondary N) is 4. The van der Waals surface area contributed by atoms with Gasteiger partial charge in [0.15, 0.2) is 0 Å². The van der Waals surface area contributed by atoms with E-state index in [0.717, 1.165) is 12.8 Å². The highest BCUT2D eigenvalue weighted by molar-refractivity contribution is 5.83. The third-order valence-electron chi connectivity index (χ3n) is 8.57. The monoisotopic (exact) mass is 583 g/mol. The molecule has 9 heteroatoms. The van der Waals surface area contributed by atoms with Gasteiger partial charge in [0.05, 0.1) is 12.1 Å². The molecule has 228 valence electrons. The lowest BCUT2D eigenvalue weighted by molar-refractivity contribution is -0.133. The fraction of sp³-hybridized carbons (Fsp3) is 0.412. The van der Waals surface area contributed by atoms with E-state index in [1.807, 2.05) is 53.4 Å². The van der Waals surface area contributed by atoms with Gasteiger partial charge in [-0.3, -0.25) is 14.9 Å². The van der Waals surface area contributed by atoms with Crippen LogP contribution < -0.4 is 32.7 Å². The third-order valence-corrected chi connectivity index (χ3v) is 8.57. The van der Waals surface area contributed by atoms with Crippen LogP contribution in [0.15, 0.2) is 84.9 Å². The molecule has 3 aromatic rings. The molecule has 9 nitrogen and oxygen atoms in total. The van der Waals surface area contributed by atoms with E-state index >= 15 is 0 Å². The number of amides is 2. The van der Waals surface area contributed by atoms with E-state index in [1.54, 1.807) is 0 Å². The SMILES string of the molecule is NC(N)NCCC[C@@H]1N[C@H](CNC(=O)[C@@H]2Cc3ccccc3CN2)CCN(CC(c2ccccc2)c2ccccc2)C1=O. The molecule has 0 unspecified atom stereocenters. The first-order chi connectivity index (χ1) is 21.0. The summed E-state index contributed by atoms with van der Waals surface area (Å²) < 4.78 is 0. The number of rotatable bonds is 12. The van der Waals surface area contributed by atoms with Crippen LogP contribution in [-0.2, 0) is 22.6 Å². The van der Waals surface area contributed by atoms with E-state index in [1.165, 1.54) is 22.3 Å². The standard InChI is InChI=1S/C34H45N7O2/c35-34(36)37-18-9-16-30-33(43)41(23-29(24-10-3-1-4-11-24)25-12-5-2-6-13-25)19-17-28(40-30)22-39-32(42)31-20-26-14-7-8-15-27(26)21-38-31/h1-8,10-15,28-31,34,37-38,40H,9,16-23,35-36H2,(H,39,42)/t28-,30-,31-/m0/s1. The minimum absolute atomic E-state index is 0.00497. The van der Waals surface area contributed by atoms with Crippen LogP contribution in [0.5, 0.6) is 0 Å². The number of carbonyl (C=O) groups excluding carboxylic acids is 2. The first kappa shape index (κ1) is 30.8. The molecular weight excluding hydrogens is 538 g/mol. The molecule has 8 N–H and O–H groups in total. The number of hydrogen-bond donors (Lipinski definition) is 6. The Hall–Kier alpha value is -3.60. The molecule has 5 rings (SSSR count). The van der Waals surface area contributed by atoms with Crippen LogP contribution in [-0.4, -0.2) is 67.3 Å². The smallest absolute Gasteiger partial charge is 0.239 e. The molecule has 3 atom stereocenters. The molecule has 0 spiro atoms. The van der Waals surface area contributed by atoms with Gasteiger partial charge in [-0.1, -0.05) is 84.9 Å². The summed E-state index contributed by atoms with van der Waals surface area (Å²) in [7, 11) is 0. The topological polar surface area (TPSA) is 138 Å². The zero-order valence-electron chi connectivity index (χ0n) is 24.8. The van der Waals surface area contributed by atoms with Gasteiger partial charge in [0, 0.05) is 38.1 Å². The van der Waals surface area contributed by atoms with E-state index in [9.17, 15) is 9.59 Å². The van der Waals surface area contributed by atoms with Crippen LogP contribution >= 0.6 is 0 Å². The van der Waals surface area contributed by atoms with Crippen molar-refractivity contribution in [2.24, 2.45) is 11.5 Å². The number of nitrogens with zero attached hydrogens (tertiary/aromatic N) is 1. The van der Waals surface area contributed by atoms with Gasteiger partial charge in [-0.2, -0.15) is 0 Å². The molecule has 2 aliphatic rings. The number of hydrogen-bond acceptors (Lipinski definition) is 7. The Morgan fingerprint density at radius 3 is 2.26 bits per heavy atom. The zero-order chi connectivity index (χ0) is 30.0. The Kier molecular flexibility index (Phi) is 10.9. The molecule has 0 saturated carbocycles. The largest absolute Gasteiger partial charge is 0.353 e. The number of nitrogens with two attached hydrogens (primary N) is 2. The molecule has 1 fully saturated rings. The van der Waals surface area contributed by atoms with Gasteiger partial charge in [-0.05, 0) is 54.5 Å². The van der Waals surface area contributed by atoms with Crippen molar-refractivity contribution in [1.82, 2.24) is 26.2 Å². The van der Waals surface area contributed by atoms with Gasteiger partial charge >= 0.3 is 0 Å². The lowest BCUT2D eigenvalue weighted by atomic mass is 9.90. The average molecular weight is 584 g/mol. The third kappa shape index (κ3) is 8.49. The second-order valence-corrected chi connectivity index (χ2v) is 11.6. The van der Waals surface area contributed by atoms with Crippen molar-refractivity contribution < 1.29 is 9.59 Å². The summed E-state index contributed by atoms with van der Waals surface area (Å²) in [6.45, 7) is 2.96. The van der Waals surface area contributed by atoms with Crippen molar-refractivity contribution in [2.45, 2.75) is 62.6 Å². The van der Waals surface area contributed by atoms with Crippen LogP contribution in [0.25, 0.3) is 0 Å². The zero-order valence-corrected chi connectivity index (χ0v) is 24.8. The Morgan fingerprint density at radius 1 is 0.930 bits per heavy atom. The maximum Gasteiger partial charge on any atom is 0.239 e. The highest BCUT2D eigenvalue weighted by atomic mass is 16.2. The van der Waals surface area contributed by atoms with Crippen LogP contribution in [0.3, 0.4) is 0 Å². The van der Waals surface area contributed by atoms with E-state index < -0.39 is 6.29 Å². The molecular formula is C34H45N7O2. The van der Waals surface area contributed by atoms with Crippen molar-refractivity contribution in [1.29, 1.82) is 0 Å². The lowest BCUT2D eigenvalue weighted by Gasteiger charge is -2.29. The molecule has 2 amide bonds. The van der Waals surface area contributed by atoms with Crippen LogP contribution in [0.2, 0.25) is 0 Å². The Morgan fingerprint density at radius 2 is 1.58 bits per heavy atom. The highest BCUT2D eigenvalue weighted by Gasteiger charge is 2.33. The molecule has 0 aliphatic carbocycles. The fourth-order valence-corrected chi connectivity index (χ4v) is 6.19. The molecule has 3 aromatic carbocycles. The number of fused-ring (bicyclic) bond motifs is 1. The minimum Gasteiger partial charge on any atom is -0.353 e. The van der Waals surface area contributed by atoms with Crippen LogP contribution in [0.1, 0.15) is 47.4 Å². The Labute approximate surface area is 254 Å². The summed E-state index contributed by atoms with van der Waals surface area (Å²) >= 11 is 0. The van der Waals surface area contributed by atoms with E-state index in [2.05, 4.69) is 57.7 Å². The van der Waals surface area contributed by atoms with Crippen molar-refractivity contribution >= 4 is 11.8 Å². The van der Waals surface area contributed by atoms with Gasteiger partial charge < -0.3 is 32.3 Å². The van der Waals surface area contributed by atoms with Gasteiger partial charge in [0.25, 0.3) is 0 Å². The fourth-order valence-electron chi connectivity index (χ4n) is 6.19. The molecule has 2 aliphatic heterocycles. The maximum absolute atomic E-state index is 14.0. The molecule has 43 heavy (non-hydrogen) atoms. The van der Waals surface area contributed by atoms with Crippen LogP contribution in [0.4, 0.5) is 0 Å². The van der Waals surface area contributed by atoms with Gasteiger partial charge in [0.1, 0.15) is 6.29 Å². The molecule has 0 bridgehead atoms. The summed E-state index contributed by atoms with van der Waals surface area (Å²) in [6, 6.07) is 28.3. The molecule has 0 radical (unpaired) electrons. The normalized spacial score (nSPS) is 20.6. The quantitative estimate of drug-likeness (QED) is 0.141. The van der Waals surface area contributed by atoms with Gasteiger partial charge in [-0.25, -0.2) is 0 Å². The first-order valence-electron chi connectivity index (χ1n) is 15.4. The molecule has 1 saturated heterocycles. The highest BCUT2D eigenvalue weighted by Crippen LogP contribution is 2.27. The van der Waals surface area contributed by atoms with Crippen molar-refractivity contribution in [3.63, 3.8) is 0 Å². The summed E-state index contributed by atoms with van der Waals surface area (Å²) in [4.78, 5) is 29.2. The second-order valence-electron chi connectivity index (χ2n) is 11.6. The van der Waals surface area contributed by atoms with E-state index in [4.69, 9.17) is 11.5 Å². The summed E-state index contributed by atoms with van der Waals surface area (Å²) in [5.41, 5.74) is 16.1. The predicted molar refractivity (Wildman–Crippen MR) is 170 cm³/mol. The molecule has 0 aromatic heterocycles. The summed E-state index contributed by atoms with van der Waals surface area (Å²) in [5.74, 6) is 0.142. The maximum atomic E-state index is 14.0. The second kappa shape index (κ2) is 15.2. The van der Waals surface area contributed by atoms with Crippen molar-refractivity contribution in [2.75, 3.05) is 26.2 Å². The number of benzene rings is 3. The molecule has 2 heterocycles. The number of carbonyl (C=O) groups is 2. The van der Waals surface area contributed by atoms with Crippen molar-refractivity contribution in [3.05, 3.63) is 107 Å². The lowest BCUT2D eigenvalue weighted by Crippen LogP contribution is -2.52. The van der Waals surface area contributed by atoms with Gasteiger partial charge in [0.2, 0.25) is 11.8 Å². The van der Waals surface area contributed by atoms with E-state index in [0.29, 0.717) is 45.6 Å². The van der Waals surface area contributed by atoms with E-state index in [-0.39, 0.29) is 35.9 Å². The first-order valence-corrected chi connectivity index (χ1v) is 15.4. The minimum atomic E-state index is -0.588. The average Bonchev–Trinajstić information content (AvgIpc) is 3.19. The van der Waals surface area contributed by atoms with Gasteiger partial charge in [-0.15, -0.1) is 0 Å². The summed E-state index contributed by atoms with van der Waals surface area (Å²) in [5, 5.41) is 13.2. The van der Waals surface area contributed by atoms with Crippen LogP contribution in [0, 0.1) is 0 Å².